The lowest BCUT2D eigenvalue weighted by molar-refractivity contribution is 0.0710. The van der Waals surface area contributed by atoms with E-state index in [1.807, 2.05) is 4.90 Å². The zero-order valence-corrected chi connectivity index (χ0v) is 11.6. The van der Waals surface area contributed by atoms with Gasteiger partial charge >= 0.3 is 0 Å². The van der Waals surface area contributed by atoms with Crippen LogP contribution in [0.1, 0.15) is 48.5 Å². The van der Waals surface area contributed by atoms with Crippen molar-refractivity contribution in [2.45, 2.75) is 27.7 Å². The van der Waals surface area contributed by atoms with Crippen LogP contribution in [0.3, 0.4) is 0 Å². The molecule has 0 aliphatic heterocycles. The topological polar surface area (TPSA) is 53.2 Å². The van der Waals surface area contributed by atoms with Crippen LogP contribution in [0.4, 0.5) is 0 Å². The minimum atomic E-state index is -0.0366. The third kappa shape index (κ3) is 4.02. The first-order valence-corrected chi connectivity index (χ1v) is 6.37. The molecule has 1 heterocycles. The highest BCUT2D eigenvalue weighted by molar-refractivity contribution is 5.94. The van der Waals surface area contributed by atoms with Gasteiger partial charge in [-0.3, -0.25) is 9.59 Å². The molecule has 0 radical (unpaired) electrons. The molecule has 0 fully saturated rings. The normalized spacial score (nSPS) is 11.0. The number of aldehydes is 1. The monoisotopic (exact) mass is 250 g/mol. The molecule has 0 aliphatic carbocycles. The molecule has 0 saturated carbocycles. The number of carbonyl (C=O) groups is 2. The van der Waals surface area contributed by atoms with E-state index in [1.165, 1.54) is 0 Å². The number of nitrogens with one attached hydrogen (secondary N) is 1. The zero-order valence-electron chi connectivity index (χ0n) is 11.6. The van der Waals surface area contributed by atoms with Gasteiger partial charge in [-0.05, 0) is 17.9 Å². The summed E-state index contributed by atoms with van der Waals surface area (Å²) < 4.78 is 0. The number of carbonyl (C=O) groups excluding carboxylic acids is 2. The van der Waals surface area contributed by atoms with Crippen LogP contribution >= 0.6 is 0 Å². The molecule has 1 N–H and O–H groups in total. The Morgan fingerprint density at radius 3 is 2.22 bits per heavy atom. The van der Waals surface area contributed by atoms with Crippen molar-refractivity contribution in [3.05, 3.63) is 23.5 Å². The van der Waals surface area contributed by atoms with Gasteiger partial charge in [-0.15, -0.1) is 0 Å². The van der Waals surface area contributed by atoms with E-state index in [0.29, 0.717) is 23.1 Å². The third-order valence-electron chi connectivity index (χ3n) is 2.53. The van der Waals surface area contributed by atoms with Gasteiger partial charge in [-0.1, -0.05) is 27.7 Å². The zero-order chi connectivity index (χ0) is 13.7. The second-order valence-corrected chi connectivity index (χ2v) is 5.46. The van der Waals surface area contributed by atoms with E-state index in [-0.39, 0.29) is 5.91 Å². The Labute approximate surface area is 108 Å². The van der Waals surface area contributed by atoms with Gasteiger partial charge in [0, 0.05) is 24.8 Å². The minimum Gasteiger partial charge on any atom is -0.356 e. The van der Waals surface area contributed by atoms with Crippen LogP contribution < -0.4 is 0 Å². The Bertz CT molecular complexity index is 398. The summed E-state index contributed by atoms with van der Waals surface area (Å²) in [4.78, 5) is 27.7. The number of hydrogen-bond acceptors (Lipinski definition) is 2. The summed E-state index contributed by atoms with van der Waals surface area (Å²) in [5, 5.41) is 0. The molecular formula is C14H22N2O2. The van der Waals surface area contributed by atoms with Crippen LogP contribution in [0.5, 0.6) is 0 Å². The number of aromatic amines is 1. The van der Waals surface area contributed by atoms with E-state index in [9.17, 15) is 9.59 Å². The van der Waals surface area contributed by atoms with E-state index < -0.39 is 0 Å². The lowest BCUT2D eigenvalue weighted by Crippen LogP contribution is -2.37. The maximum absolute atomic E-state index is 12.3. The quantitative estimate of drug-likeness (QED) is 0.789. The van der Waals surface area contributed by atoms with E-state index in [0.717, 1.165) is 19.4 Å². The Hall–Kier alpha value is -1.58. The minimum absolute atomic E-state index is 0.0366. The van der Waals surface area contributed by atoms with Gasteiger partial charge in [0.2, 0.25) is 0 Å². The Balaban J connectivity index is 2.83. The van der Waals surface area contributed by atoms with Crippen molar-refractivity contribution in [2.24, 2.45) is 11.8 Å². The molecule has 1 aromatic heterocycles. The van der Waals surface area contributed by atoms with Crippen LogP contribution in [-0.2, 0) is 0 Å². The molecule has 0 saturated heterocycles. The summed E-state index contributed by atoms with van der Waals surface area (Å²) in [7, 11) is 0. The molecule has 0 aliphatic rings. The molecule has 1 amide bonds. The highest BCUT2D eigenvalue weighted by atomic mass is 16.2. The maximum Gasteiger partial charge on any atom is 0.270 e. The smallest absolute Gasteiger partial charge is 0.270 e. The van der Waals surface area contributed by atoms with Crippen molar-refractivity contribution >= 4 is 12.2 Å². The van der Waals surface area contributed by atoms with Gasteiger partial charge in [-0.25, -0.2) is 0 Å². The molecule has 0 bridgehead atoms. The van der Waals surface area contributed by atoms with Crippen molar-refractivity contribution < 1.29 is 9.59 Å². The predicted molar refractivity (Wildman–Crippen MR) is 71.8 cm³/mol. The molecule has 1 rings (SSSR count). The first-order chi connectivity index (χ1) is 8.43. The average Bonchev–Trinajstić information content (AvgIpc) is 2.74. The summed E-state index contributed by atoms with van der Waals surface area (Å²) in [6.45, 7) is 9.82. The van der Waals surface area contributed by atoms with E-state index in [2.05, 4.69) is 32.7 Å². The molecule has 4 nitrogen and oxygen atoms in total. The number of rotatable bonds is 6. The van der Waals surface area contributed by atoms with Gasteiger partial charge in [-0.2, -0.15) is 0 Å². The SMILES string of the molecule is CC(C)CN(CC(C)C)C(=O)c1cc(C=O)c[nH]1. The average molecular weight is 250 g/mol. The van der Waals surface area contributed by atoms with Gasteiger partial charge in [0.05, 0.1) is 0 Å². The van der Waals surface area contributed by atoms with Crippen molar-refractivity contribution in [1.82, 2.24) is 9.88 Å². The second kappa shape index (κ2) is 6.38. The van der Waals surface area contributed by atoms with E-state index >= 15 is 0 Å². The van der Waals surface area contributed by atoms with Crippen LogP contribution in [0.2, 0.25) is 0 Å². The highest BCUT2D eigenvalue weighted by Gasteiger charge is 2.19. The summed E-state index contributed by atoms with van der Waals surface area (Å²) >= 11 is 0. The Kier molecular flexibility index (Phi) is 5.13. The molecule has 0 spiro atoms. The van der Waals surface area contributed by atoms with Gasteiger partial charge in [0.15, 0.2) is 6.29 Å². The Morgan fingerprint density at radius 1 is 1.28 bits per heavy atom. The second-order valence-electron chi connectivity index (χ2n) is 5.46. The lowest BCUT2D eigenvalue weighted by atomic mass is 10.1. The first kappa shape index (κ1) is 14.5. The van der Waals surface area contributed by atoms with E-state index in [4.69, 9.17) is 0 Å². The fraction of sp³-hybridized carbons (Fsp3) is 0.571. The molecule has 0 atom stereocenters. The fourth-order valence-corrected chi connectivity index (χ4v) is 1.89. The number of nitrogens with zero attached hydrogens (tertiary/aromatic N) is 1. The van der Waals surface area contributed by atoms with Crippen LogP contribution in [0.15, 0.2) is 12.3 Å². The van der Waals surface area contributed by atoms with Crippen molar-refractivity contribution in [3.8, 4) is 0 Å². The highest BCUT2D eigenvalue weighted by Crippen LogP contribution is 2.10. The molecule has 0 aromatic carbocycles. The third-order valence-corrected chi connectivity index (χ3v) is 2.53. The maximum atomic E-state index is 12.3. The van der Waals surface area contributed by atoms with Crippen LogP contribution in [0.25, 0.3) is 0 Å². The van der Waals surface area contributed by atoms with Crippen LogP contribution in [-0.4, -0.2) is 35.2 Å². The first-order valence-electron chi connectivity index (χ1n) is 6.37. The molecular weight excluding hydrogens is 228 g/mol. The molecule has 1 aromatic rings. The lowest BCUT2D eigenvalue weighted by Gasteiger charge is -2.25. The van der Waals surface area contributed by atoms with Crippen molar-refractivity contribution in [2.75, 3.05) is 13.1 Å². The molecule has 4 heteroatoms. The largest absolute Gasteiger partial charge is 0.356 e. The van der Waals surface area contributed by atoms with Crippen molar-refractivity contribution in [1.29, 1.82) is 0 Å². The standard InChI is InChI=1S/C14H22N2O2/c1-10(2)7-16(8-11(3)4)14(18)13-5-12(9-17)6-15-13/h5-6,9-11,15H,7-8H2,1-4H3. The van der Waals surface area contributed by atoms with Crippen molar-refractivity contribution in [3.63, 3.8) is 0 Å². The number of hydrogen-bond donors (Lipinski definition) is 1. The Morgan fingerprint density at radius 2 is 1.83 bits per heavy atom. The summed E-state index contributed by atoms with van der Waals surface area (Å²) in [5.41, 5.74) is 0.991. The summed E-state index contributed by atoms with van der Waals surface area (Å²) in [6, 6.07) is 1.60. The number of aromatic nitrogens is 1. The molecule has 100 valence electrons. The van der Waals surface area contributed by atoms with Gasteiger partial charge in [0.25, 0.3) is 5.91 Å². The van der Waals surface area contributed by atoms with E-state index in [1.54, 1.807) is 12.3 Å². The predicted octanol–water partition coefficient (Wildman–Crippen LogP) is 2.58. The molecule has 0 unspecified atom stereocenters. The van der Waals surface area contributed by atoms with Gasteiger partial charge < -0.3 is 9.88 Å². The van der Waals surface area contributed by atoms with Crippen LogP contribution in [0, 0.1) is 11.8 Å². The summed E-state index contributed by atoms with van der Waals surface area (Å²) in [6.07, 6.45) is 2.30. The molecule has 18 heavy (non-hydrogen) atoms. The van der Waals surface area contributed by atoms with Gasteiger partial charge in [0.1, 0.15) is 5.69 Å². The fourth-order valence-electron chi connectivity index (χ4n) is 1.89. The summed E-state index contributed by atoms with van der Waals surface area (Å²) in [5.74, 6) is 0.812. The number of H-pyrrole nitrogens is 1. The number of amides is 1.